The molecule has 11 heteroatoms. The monoisotopic (exact) mass is 395 g/mol. The van der Waals surface area contributed by atoms with Gasteiger partial charge in [-0.15, -0.1) is 0 Å². The summed E-state index contributed by atoms with van der Waals surface area (Å²) in [6.45, 7) is 1.33. The van der Waals surface area contributed by atoms with Crippen LogP contribution < -0.4 is 5.32 Å². The summed E-state index contributed by atoms with van der Waals surface area (Å²) in [6, 6.07) is 5.13. The Hall–Kier alpha value is -2.30. The molecule has 0 unspecified atom stereocenters. The molecule has 26 heavy (non-hydrogen) atoms. The summed E-state index contributed by atoms with van der Waals surface area (Å²) in [7, 11) is 0. The first kappa shape index (κ1) is 20.0. The number of benzene rings is 1. The Balaban J connectivity index is 2.08. The number of alkyl halides is 6. The summed E-state index contributed by atoms with van der Waals surface area (Å²) in [6.07, 6.45) is -9.32. The van der Waals surface area contributed by atoms with Gasteiger partial charge in [-0.1, -0.05) is 23.9 Å². The number of carbonyl (C=O) groups is 1. The SMILES string of the molecule is Cc1cc(C(F)(F)F)nc(SCC(=O)Nc2ccccc2C(F)(F)F)n1. The maximum atomic E-state index is 12.9. The molecular weight excluding hydrogens is 384 g/mol. The van der Waals surface area contributed by atoms with E-state index in [9.17, 15) is 31.1 Å². The van der Waals surface area contributed by atoms with Crippen LogP contribution in [-0.4, -0.2) is 21.6 Å². The van der Waals surface area contributed by atoms with Crippen molar-refractivity contribution in [2.45, 2.75) is 24.4 Å². The largest absolute Gasteiger partial charge is 0.433 e. The smallest absolute Gasteiger partial charge is 0.325 e. The van der Waals surface area contributed by atoms with Crippen LogP contribution >= 0.6 is 11.8 Å². The second kappa shape index (κ2) is 7.52. The van der Waals surface area contributed by atoms with Crippen LogP contribution in [0.4, 0.5) is 32.0 Å². The zero-order chi connectivity index (χ0) is 19.5. The highest BCUT2D eigenvalue weighted by atomic mass is 32.2. The molecule has 2 rings (SSSR count). The van der Waals surface area contributed by atoms with Crippen LogP contribution in [0.2, 0.25) is 0 Å². The number of aromatic nitrogens is 2. The lowest BCUT2D eigenvalue weighted by molar-refractivity contribution is -0.141. The van der Waals surface area contributed by atoms with Gasteiger partial charge in [-0.05, 0) is 25.1 Å². The van der Waals surface area contributed by atoms with Gasteiger partial charge >= 0.3 is 12.4 Å². The number of nitrogens with zero attached hydrogens (tertiary/aromatic N) is 2. The Bertz CT molecular complexity index is 807. The first-order valence-electron chi connectivity index (χ1n) is 6.98. The second-order valence-electron chi connectivity index (χ2n) is 5.06. The van der Waals surface area contributed by atoms with Crippen molar-refractivity contribution in [3.05, 3.63) is 47.3 Å². The molecule has 1 aromatic carbocycles. The van der Waals surface area contributed by atoms with Gasteiger partial charge in [0.25, 0.3) is 0 Å². The molecule has 1 heterocycles. The van der Waals surface area contributed by atoms with Gasteiger partial charge in [-0.2, -0.15) is 26.3 Å². The Morgan fingerprint density at radius 3 is 2.35 bits per heavy atom. The van der Waals surface area contributed by atoms with Gasteiger partial charge in [0.05, 0.1) is 17.0 Å². The number of rotatable bonds is 4. The molecule has 0 aliphatic heterocycles. The number of carbonyl (C=O) groups excluding carboxylic acids is 1. The van der Waals surface area contributed by atoms with E-state index in [1.54, 1.807) is 0 Å². The third-order valence-corrected chi connectivity index (χ3v) is 3.81. The minimum atomic E-state index is -4.67. The van der Waals surface area contributed by atoms with Gasteiger partial charge < -0.3 is 5.32 Å². The van der Waals surface area contributed by atoms with Crippen LogP contribution in [0.1, 0.15) is 17.0 Å². The molecule has 0 saturated heterocycles. The van der Waals surface area contributed by atoms with Crippen molar-refractivity contribution >= 4 is 23.4 Å². The van der Waals surface area contributed by atoms with Gasteiger partial charge in [-0.25, -0.2) is 9.97 Å². The Morgan fingerprint density at radius 2 is 1.73 bits per heavy atom. The van der Waals surface area contributed by atoms with Crippen LogP contribution in [0.25, 0.3) is 0 Å². The van der Waals surface area contributed by atoms with Crippen LogP contribution in [0.5, 0.6) is 0 Å². The normalized spacial score (nSPS) is 12.1. The molecule has 1 aromatic heterocycles. The minimum Gasteiger partial charge on any atom is -0.325 e. The van der Waals surface area contributed by atoms with Crippen LogP contribution in [-0.2, 0) is 17.1 Å². The predicted octanol–water partition coefficient (Wildman–Crippen LogP) is 4.55. The topological polar surface area (TPSA) is 54.9 Å². The van der Waals surface area contributed by atoms with Gasteiger partial charge in [0.1, 0.15) is 5.69 Å². The van der Waals surface area contributed by atoms with Crippen LogP contribution in [0, 0.1) is 6.92 Å². The summed E-state index contributed by atoms with van der Waals surface area (Å²) in [5, 5.41) is 1.79. The van der Waals surface area contributed by atoms with Gasteiger partial charge in [0.2, 0.25) is 5.91 Å². The van der Waals surface area contributed by atoms with Crippen LogP contribution in [0.15, 0.2) is 35.5 Å². The van der Waals surface area contributed by atoms with E-state index < -0.39 is 41.0 Å². The summed E-state index contributed by atoms with van der Waals surface area (Å²) >= 11 is 0.590. The van der Waals surface area contributed by atoms with Crippen molar-refractivity contribution in [1.82, 2.24) is 9.97 Å². The van der Waals surface area contributed by atoms with Gasteiger partial charge in [-0.3, -0.25) is 4.79 Å². The molecule has 0 spiro atoms. The number of aryl methyl sites for hydroxylation is 1. The average Bonchev–Trinajstić information content (AvgIpc) is 2.51. The summed E-state index contributed by atoms with van der Waals surface area (Å²) < 4.78 is 76.7. The highest BCUT2D eigenvalue weighted by Crippen LogP contribution is 2.34. The third-order valence-electron chi connectivity index (χ3n) is 2.96. The lowest BCUT2D eigenvalue weighted by Gasteiger charge is -2.13. The highest BCUT2D eigenvalue weighted by molar-refractivity contribution is 7.99. The molecule has 1 N–H and O–H groups in total. The number of hydrogen-bond acceptors (Lipinski definition) is 4. The fourth-order valence-corrected chi connectivity index (χ4v) is 2.61. The van der Waals surface area contributed by atoms with E-state index in [2.05, 4.69) is 15.3 Å². The van der Waals surface area contributed by atoms with E-state index in [-0.39, 0.29) is 10.9 Å². The molecular formula is C15H11F6N3OS. The lowest BCUT2D eigenvalue weighted by atomic mass is 10.1. The summed E-state index contributed by atoms with van der Waals surface area (Å²) in [5.41, 5.74) is -2.57. The summed E-state index contributed by atoms with van der Waals surface area (Å²) in [5.74, 6) is -1.28. The van der Waals surface area contributed by atoms with Gasteiger partial charge in [0, 0.05) is 5.69 Å². The van der Waals surface area contributed by atoms with E-state index in [4.69, 9.17) is 0 Å². The number of anilines is 1. The van der Waals surface area contributed by atoms with Crippen molar-refractivity contribution in [2.24, 2.45) is 0 Å². The molecule has 140 valence electrons. The quantitative estimate of drug-likeness (QED) is 0.469. The fourth-order valence-electron chi connectivity index (χ4n) is 1.91. The molecule has 0 aliphatic carbocycles. The highest BCUT2D eigenvalue weighted by Gasteiger charge is 2.34. The molecule has 4 nitrogen and oxygen atoms in total. The first-order valence-corrected chi connectivity index (χ1v) is 7.97. The summed E-state index contributed by atoms with van der Waals surface area (Å²) in [4.78, 5) is 18.9. The fraction of sp³-hybridized carbons (Fsp3) is 0.267. The molecule has 0 bridgehead atoms. The Kier molecular flexibility index (Phi) is 5.79. The Morgan fingerprint density at radius 1 is 1.08 bits per heavy atom. The van der Waals surface area contributed by atoms with E-state index >= 15 is 0 Å². The zero-order valence-corrected chi connectivity index (χ0v) is 13.9. The number of hydrogen-bond donors (Lipinski definition) is 1. The van der Waals surface area contributed by atoms with E-state index in [0.29, 0.717) is 11.8 Å². The standard InChI is InChI=1S/C15H11F6N3OS/c1-8-6-11(15(19,20)21)24-13(22-8)26-7-12(25)23-10-5-3-2-4-9(10)14(16,17)18/h2-6H,7H2,1H3,(H,23,25). The Labute approximate surface area is 148 Å². The van der Waals surface area contributed by atoms with E-state index in [0.717, 1.165) is 18.2 Å². The molecule has 0 radical (unpaired) electrons. The van der Waals surface area contributed by atoms with Crippen molar-refractivity contribution < 1.29 is 31.1 Å². The second-order valence-corrected chi connectivity index (χ2v) is 6.00. The molecule has 0 atom stereocenters. The van der Waals surface area contributed by atoms with Crippen molar-refractivity contribution in [3.63, 3.8) is 0 Å². The predicted molar refractivity (Wildman–Crippen MR) is 82.6 cm³/mol. The van der Waals surface area contributed by atoms with Crippen molar-refractivity contribution in [3.8, 4) is 0 Å². The van der Waals surface area contributed by atoms with Crippen LogP contribution in [0.3, 0.4) is 0 Å². The first-order chi connectivity index (χ1) is 12.0. The maximum Gasteiger partial charge on any atom is 0.433 e. The molecule has 2 aromatic rings. The minimum absolute atomic E-state index is 0.0534. The number of halogens is 6. The van der Waals surface area contributed by atoms with Gasteiger partial charge in [0.15, 0.2) is 5.16 Å². The van der Waals surface area contributed by atoms with Crippen molar-refractivity contribution in [1.29, 1.82) is 0 Å². The number of amides is 1. The van der Waals surface area contributed by atoms with Crippen molar-refractivity contribution in [2.75, 3.05) is 11.1 Å². The zero-order valence-electron chi connectivity index (χ0n) is 13.1. The maximum absolute atomic E-state index is 12.9. The number of thioether (sulfide) groups is 1. The molecule has 1 amide bonds. The average molecular weight is 395 g/mol. The molecule has 0 aliphatic rings. The number of para-hydroxylation sites is 1. The van der Waals surface area contributed by atoms with E-state index in [1.165, 1.54) is 19.1 Å². The molecule has 0 fully saturated rings. The van der Waals surface area contributed by atoms with E-state index in [1.807, 2.05) is 0 Å². The molecule has 0 saturated carbocycles. The lowest BCUT2D eigenvalue weighted by Crippen LogP contribution is -2.18. The third kappa shape index (κ3) is 5.35. The number of nitrogens with one attached hydrogen (secondary N) is 1.